The Morgan fingerprint density at radius 2 is 2.16 bits per heavy atom. The molecule has 1 aromatic rings. The fourth-order valence-electron chi connectivity index (χ4n) is 2.33. The van der Waals surface area contributed by atoms with Crippen molar-refractivity contribution in [3.8, 4) is 5.75 Å². The molecule has 5 heteroatoms. The molecule has 1 aromatic carbocycles. The van der Waals surface area contributed by atoms with Crippen LogP contribution in [0.25, 0.3) is 0 Å². The summed E-state index contributed by atoms with van der Waals surface area (Å²) in [5.74, 6) is 0.687. The van der Waals surface area contributed by atoms with Gasteiger partial charge in [-0.05, 0) is 25.0 Å². The largest absolute Gasteiger partial charge is 0.497 e. The summed E-state index contributed by atoms with van der Waals surface area (Å²) in [7, 11) is 1.58. The SMILES string of the molecule is COc1cccc(NC(=O)NCC2(O)CCCC2)c1. The molecule has 19 heavy (non-hydrogen) atoms. The van der Waals surface area contributed by atoms with E-state index in [-0.39, 0.29) is 6.03 Å². The Bertz CT molecular complexity index is 442. The molecular formula is C14H20N2O3. The zero-order chi connectivity index (χ0) is 13.7. The average molecular weight is 264 g/mol. The number of rotatable bonds is 4. The average Bonchev–Trinajstić information content (AvgIpc) is 2.84. The van der Waals surface area contributed by atoms with E-state index in [4.69, 9.17) is 4.74 Å². The van der Waals surface area contributed by atoms with Crippen LogP contribution in [-0.4, -0.2) is 30.4 Å². The maximum Gasteiger partial charge on any atom is 0.319 e. The van der Waals surface area contributed by atoms with Crippen LogP contribution in [-0.2, 0) is 0 Å². The molecule has 1 aliphatic carbocycles. The third-order valence-electron chi connectivity index (χ3n) is 3.44. The Labute approximate surface area is 113 Å². The predicted octanol–water partition coefficient (Wildman–Crippen LogP) is 2.12. The van der Waals surface area contributed by atoms with Crippen molar-refractivity contribution in [3.63, 3.8) is 0 Å². The predicted molar refractivity (Wildman–Crippen MR) is 73.4 cm³/mol. The first-order valence-corrected chi connectivity index (χ1v) is 6.53. The van der Waals surface area contributed by atoms with E-state index in [9.17, 15) is 9.90 Å². The van der Waals surface area contributed by atoms with Gasteiger partial charge < -0.3 is 20.5 Å². The molecule has 3 N–H and O–H groups in total. The van der Waals surface area contributed by atoms with Gasteiger partial charge >= 0.3 is 6.03 Å². The molecule has 1 fully saturated rings. The number of carbonyl (C=O) groups is 1. The first-order valence-electron chi connectivity index (χ1n) is 6.53. The second kappa shape index (κ2) is 5.93. The number of benzene rings is 1. The minimum atomic E-state index is -0.730. The summed E-state index contributed by atoms with van der Waals surface area (Å²) in [5.41, 5.74) is -0.0682. The van der Waals surface area contributed by atoms with Crippen molar-refractivity contribution in [3.05, 3.63) is 24.3 Å². The zero-order valence-electron chi connectivity index (χ0n) is 11.1. The van der Waals surface area contributed by atoms with Gasteiger partial charge in [0.05, 0.1) is 12.7 Å². The van der Waals surface area contributed by atoms with Gasteiger partial charge in [-0.15, -0.1) is 0 Å². The molecular weight excluding hydrogens is 244 g/mol. The quantitative estimate of drug-likeness (QED) is 0.780. The van der Waals surface area contributed by atoms with Crippen LogP contribution in [0.2, 0.25) is 0 Å². The lowest BCUT2D eigenvalue weighted by Gasteiger charge is -2.22. The van der Waals surface area contributed by atoms with Crippen LogP contribution in [0.15, 0.2) is 24.3 Å². The number of aliphatic hydroxyl groups is 1. The second-order valence-corrected chi connectivity index (χ2v) is 4.97. The Hall–Kier alpha value is -1.75. The van der Waals surface area contributed by atoms with E-state index in [2.05, 4.69) is 10.6 Å². The van der Waals surface area contributed by atoms with E-state index >= 15 is 0 Å². The van der Waals surface area contributed by atoms with Gasteiger partial charge in [0, 0.05) is 18.3 Å². The van der Waals surface area contributed by atoms with Crippen LogP contribution in [0.3, 0.4) is 0 Å². The molecule has 0 aliphatic heterocycles. The molecule has 0 unspecified atom stereocenters. The van der Waals surface area contributed by atoms with E-state index in [0.29, 0.717) is 18.0 Å². The lowest BCUT2D eigenvalue weighted by Crippen LogP contribution is -2.42. The number of hydrogen-bond acceptors (Lipinski definition) is 3. The van der Waals surface area contributed by atoms with Crippen LogP contribution < -0.4 is 15.4 Å². The lowest BCUT2D eigenvalue weighted by atomic mass is 10.0. The molecule has 104 valence electrons. The molecule has 0 saturated heterocycles. The first-order chi connectivity index (χ1) is 9.11. The van der Waals surface area contributed by atoms with Gasteiger partial charge in [-0.25, -0.2) is 4.79 Å². The standard InChI is InChI=1S/C14H20N2O3/c1-19-12-6-4-5-11(9-12)16-13(17)15-10-14(18)7-2-3-8-14/h4-6,9,18H,2-3,7-8,10H2,1H3,(H2,15,16,17). The monoisotopic (exact) mass is 264 g/mol. The molecule has 2 rings (SSSR count). The van der Waals surface area contributed by atoms with Crippen molar-refractivity contribution in [2.45, 2.75) is 31.3 Å². The third-order valence-corrected chi connectivity index (χ3v) is 3.44. The van der Waals surface area contributed by atoms with Crippen molar-refractivity contribution in [1.29, 1.82) is 0 Å². The first kappa shape index (κ1) is 13.7. The Morgan fingerprint density at radius 1 is 1.42 bits per heavy atom. The Kier molecular flexibility index (Phi) is 4.27. The van der Waals surface area contributed by atoms with Gasteiger partial charge in [-0.2, -0.15) is 0 Å². The van der Waals surface area contributed by atoms with E-state index in [0.717, 1.165) is 25.7 Å². The summed E-state index contributed by atoms with van der Waals surface area (Å²) in [6, 6.07) is 6.83. The van der Waals surface area contributed by atoms with Crippen molar-refractivity contribution in [2.24, 2.45) is 0 Å². The number of hydrogen-bond donors (Lipinski definition) is 3. The van der Waals surface area contributed by atoms with E-state index in [1.54, 1.807) is 25.3 Å². The maximum absolute atomic E-state index is 11.7. The van der Waals surface area contributed by atoms with Crippen LogP contribution in [0, 0.1) is 0 Å². The molecule has 5 nitrogen and oxygen atoms in total. The molecule has 2 amide bonds. The summed E-state index contributed by atoms with van der Waals surface area (Å²) in [6.45, 7) is 0.294. The number of urea groups is 1. The van der Waals surface area contributed by atoms with Gasteiger partial charge in [0.25, 0.3) is 0 Å². The van der Waals surface area contributed by atoms with E-state index in [1.165, 1.54) is 0 Å². The van der Waals surface area contributed by atoms with Crippen LogP contribution in [0.1, 0.15) is 25.7 Å². The number of amides is 2. The molecule has 0 radical (unpaired) electrons. The van der Waals surface area contributed by atoms with Crippen molar-refractivity contribution < 1.29 is 14.6 Å². The number of ether oxygens (including phenoxy) is 1. The van der Waals surface area contributed by atoms with E-state index < -0.39 is 5.60 Å². The highest BCUT2D eigenvalue weighted by Gasteiger charge is 2.31. The molecule has 0 heterocycles. The lowest BCUT2D eigenvalue weighted by molar-refractivity contribution is 0.0506. The molecule has 0 spiro atoms. The number of anilines is 1. The number of carbonyl (C=O) groups excluding carboxylic acids is 1. The zero-order valence-corrected chi connectivity index (χ0v) is 11.1. The van der Waals surface area contributed by atoms with Crippen molar-refractivity contribution >= 4 is 11.7 Å². The molecule has 0 atom stereocenters. The van der Waals surface area contributed by atoms with Crippen LogP contribution in [0.4, 0.5) is 10.5 Å². The van der Waals surface area contributed by atoms with Gasteiger partial charge in [0.15, 0.2) is 0 Å². The van der Waals surface area contributed by atoms with Gasteiger partial charge in [-0.1, -0.05) is 18.9 Å². The minimum Gasteiger partial charge on any atom is -0.497 e. The van der Waals surface area contributed by atoms with Gasteiger partial charge in [0.1, 0.15) is 5.75 Å². The fourth-order valence-corrected chi connectivity index (χ4v) is 2.33. The number of nitrogens with one attached hydrogen (secondary N) is 2. The number of methoxy groups -OCH3 is 1. The summed E-state index contributed by atoms with van der Waals surface area (Å²) in [5, 5.41) is 15.6. The molecule has 0 aromatic heterocycles. The summed E-state index contributed by atoms with van der Waals surface area (Å²) >= 11 is 0. The topological polar surface area (TPSA) is 70.6 Å². The normalized spacial score (nSPS) is 16.9. The fraction of sp³-hybridized carbons (Fsp3) is 0.500. The molecule has 1 saturated carbocycles. The summed E-state index contributed by atoms with van der Waals surface area (Å²) < 4.78 is 5.08. The second-order valence-electron chi connectivity index (χ2n) is 4.97. The van der Waals surface area contributed by atoms with Gasteiger partial charge in [0.2, 0.25) is 0 Å². The highest BCUT2D eigenvalue weighted by atomic mass is 16.5. The van der Waals surface area contributed by atoms with E-state index in [1.807, 2.05) is 6.07 Å². The maximum atomic E-state index is 11.7. The summed E-state index contributed by atoms with van der Waals surface area (Å²) in [4.78, 5) is 11.7. The molecule has 1 aliphatic rings. The van der Waals surface area contributed by atoms with Crippen molar-refractivity contribution in [2.75, 3.05) is 19.0 Å². The van der Waals surface area contributed by atoms with Crippen LogP contribution >= 0.6 is 0 Å². The Morgan fingerprint density at radius 3 is 2.84 bits per heavy atom. The Balaban J connectivity index is 1.83. The minimum absolute atomic E-state index is 0.294. The third kappa shape index (κ3) is 3.86. The van der Waals surface area contributed by atoms with Crippen molar-refractivity contribution in [1.82, 2.24) is 5.32 Å². The van der Waals surface area contributed by atoms with Gasteiger partial charge in [-0.3, -0.25) is 0 Å². The van der Waals surface area contributed by atoms with Crippen LogP contribution in [0.5, 0.6) is 5.75 Å². The molecule has 0 bridgehead atoms. The smallest absolute Gasteiger partial charge is 0.319 e. The summed E-state index contributed by atoms with van der Waals surface area (Å²) in [6.07, 6.45) is 3.56. The highest BCUT2D eigenvalue weighted by molar-refractivity contribution is 5.89. The highest BCUT2D eigenvalue weighted by Crippen LogP contribution is 2.28.